The van der Waals surface area contributed by atoms with Crippen LogP contribution in [0.1, 0.15) is 20.3 Å². The molecule has 1 aliphatic rings. The maximum Gasteiger partial charge on any atom is 0.243 e. The van der Waals surface area contributed by atoms with E-state index in [4.69, 9.17) is 5.73 Å². The molecule has 4 nitrogen and oxygen atoms in total. The molecule has 1 unspecified atom stereocenters. The number of nitrogens with zero attached hydrogens (tertiary/aromatic N) is 1. The van der Waals surface area contributed by atoms with Crippen LogP contribution in [0.5, 0.6) is 0 Å². The van der Waals surface area contributed by atoms with E-state index < -0.39 is 0 Å². The smallest absolute Gasteiger partial charge is 0.243 e. The molecule has 1 heterocycles. The fourth-order valence-corrected chi connectivity index (χ4v) is 3.50. The van der Waals surface area contributed by atoms with Gasteiger partial charge in [0.15, 0.2) is 0 Å². The number of amides is 2. The summed E-state index contributed by atoms with van der Waals surface area (Å²) in [6.07, 6.45) is 0.247. The predicted molar refractivity (Wildman–Crippen MR) is 79.8 cm³/mol. The van der Waals surface area contributed by atoms with Gasteiger partial charge in [0.2, 0.25) is 11.8 Å². The maximum atomic E-state index is 12.2. The van der Waals surface area contributed by atoms with Crippen molar-refractivity contribution in [3.8, 4) is 0 Å². The van der Waals surface area contributed by atoms with Crippen LogP contribution in [0.2, 0.25) is 0 Å². The lowest BCUT2D eigenvalue weighted by molar-refractivity contribution is -0.140. The quantitative estimate of drug-likeness (QED) is 0.677. The molecule has 1 aromatic carbocycles. The monoisotopic (exact) mass is 342 g/mol. The highest BCUT2D eigenvalue weighted by Gasteiger charge is 2.40. The van der Waals surface area contributed by atoms with E-state index in [0.717, 1.165) is 9.37 Å². The fourth-order valence-electron chi connectivity index (χ4n) is 2.04. The number of thioether (sulfide) groups is 1. The number of hydrogen-bond donors (Lipinski definition) is 1. The van der Waals surface area contributed by atoms with E-state index in [1.165, 1.54) is 16.7 Å². The molecule has 0 aliphatic carbocycles. The molecule has 102 valence electrons. The van der Waals surface area contributed by atoms with Gasteiger partial charge >= 0.3 is 0 Å². The van der Waals surface area contributed by atoms with Crippen molar-refractivity contribution in [2.45, 2.75) is 36.5 Å². The zero-order valence-corrected chi connectivity index (χ0v) is 13.1. The lowest BCUT2D eigenvalue weighted by Gasteiger charge is -2.18. The topological polar surface area (TPSA) is 63.4 Å². The van der Waals surface area contributed by atoms with Gasteiger partial charge in [-0.15, -0.1) is 11.8 Å². The van der Waals surface area contributed by atoms with Crippen molar-refractivity contribution in [1.82, 2.24) is 4.90 Å². The SMILES string of the molecule is CC(C)N1C(=O)CC(Sc2ccc(Br)cc2N)C1=O. The number of imide groups is 1. The van der Waals surface area contributed by atoms with Crippen LogP contribution < -0.4 is 5.73 Å². The number of nitrogens with two attached hydrogens (primary N) is 1. The first kappa shape index (κ1) is 14.4. The number of nitrogen functional groups attached to an aromatic ring is 1. The second-order valence-electron chi connectivity index (χ2n) is 4.69. The van der Waals surface area contributed by atoms with Gasteiger partial charge in [0.1, 0.15) is 0 Å². The summed E-state index contributed by atoms with van der Waals surface area (Å²) in [7, 11) is 0. The molecule has 19 heavy (non-hydrogen) atoms. The minimum atomic E-state index is -0.363. The van der Waals surface area contributed by atoms with Gasteiger partial charge in [-0.3, -0.25) is 14.5 Å². The van der Waals surface area contributed by atoms with Crippen molar-refractivity contribution >= 4 is 45.2 Å². The average molecular weight is 343 g/mol. The molecule has 0 spiro atoms. The van der Waals surface area contributed by atoms with Crippen molar-refractivity contribution in [2.75, 3.05) is 5.73 Å². The minimum Gasteiger partial charge on any atom is -0.398 e. The average Bonchev–Trinajstić information content (AvgIpc) is 2.58. The Bertz CT molecular complexity index is 533. The van der Waals surface area contributed by atoms with Crippen LogP contribution in [-0.4, -0.2) is 28.0 Å². The van der Waals surface area contributed by atoms with Gasteiger partial charge in [-0.05, 0) is 32.0 Å². The molecule has 0 radical (unpaired) electrons. The van der Waals surface area contributed by atoms with E-state index in [9.17, 15) is 9.59 Å². The second kappa shape index (κ2) is 5.54. The molecule has 0 saturated carbocycles. The first-order valence-electron chi connectivity index (χ1n) is 5.97. The second-order valence-corrected chi connectivity index (χ2v) is 6.85. The van der Waals surface area contributed by atoms with E-state index in [-0.39, 0.29) is 29.5 Å². The number of likely N-dealkylation sites (tertiary alicyclic amines) is 1. The summed E-state index contributed by atoms with van der Waals surface area (Å²) >= 11 is 4.70. The first-order valence-corrected chi connectivity index (χ1v) is 7.65. The number of benzene rings is 1. The van der Waals surface area contributed by atoms with Gasteiger partial charge in [-0.25, -0.2) is 0 Å². The molecule has 0 bridgehead atoms. The highest BCUT2D eigenvalue weighted by molar-refractivity contribution is 9.10. The van der Waals surface area contributed by atoms with Crippen LogP contribution in [0.15, 0.2) is 27.6 Å². The lowest BCUT2D eigenvalue weighted by atomic mass is 10.3. The molecule has 1 aromatic rings. The van der Waals surface area contributed by atoms with E-state index in [1.807, 2.05) is 26.0 Å². The number of carbonyl (C=O) groups excluding carboxylic acids is 2. The normalized spacial score (nSPS) is 19.6. The molecule has 2 rings (SSSR count). The Morgan fingerprint density at radius 3 is 2.63 bits per heavy atom. The van der Waals surface area contributed by atoms with Crippen LogP contribution in [0.4, 0.5) is 5.69 Å². The summed E-state index contributed by atoms with van der Waals surface area (Å²) in [5, 5.41) is -0.363. The molecule has 2 N–H and O–H groups in total. The fraction of sp³-hybridized carbons (Fsp3) is 0.385. The van der Waals surface area contributed by atoms with E-state index in [0.29, 0.717) is 5.69 Å². The third kappa shape index (κ3) is 2.95. The maximum absolute atomic E-state index is 12.2. The van der Waals surface area contributed by atoms with Crippen molar-refractivity contribution in [3.05, 3.63) is 22.7 Å². The van der Waals surface area contributed by atoms with Gasteiger partial charge in [0.25, 0.3) is 0 Å². The Morgan fingerprint density at radius 2 is 2.11 bits per heavy atom. The van der Waals surface area contributed by atoms with Crippen LogP contribution in [0, 0.1) is 0 Å². The largest absolute Gasteiger partial charge is 0.398 e. The number of anilines is 1. The minimum absolute atomic E-state index is 0.0899. The van der Waals surface area contributed by atoms with Gasteiger partial charge in [-0.2, -0.15) is 0 Å². The number of rotatable bonds is 3. The summed E-state index contributed by atoms with van der Waals surface area (Å²) < 4.78 is 0.895. The molecule has 0 aromatic heterocycles. The third-order valence-electron chi connectivity index (χ3n) is 2.90. The van der Waals surface area contributed by atoms with Crippen molar-refractivity contribution in [2.24, 2.45) is 0 Å². The van der Waals surface area contributed by atoms with E-state index >= 15 is 0 Å². The van der Waals surface area contributed by atoms with Crippen LogP contribution in [-0.2, 0) is 9.59 Å². The van der Waals surface area contributed by atoms with Crippen LogP contribution in [0.25, 0.3) is 0 Å². The molecule has 6 heteroatoms. The highest BCUT2D eigenvalue weighted by atomic mass is 79.9. The molecule has 1 atom stereocenters. The molecular weight excluding hydrogens is 328 g/mol. The van der Waals surface area contributed by atoms with E-state index in [2.05, 4.69) is 15.9 Å². The first-order chi connectivity index (χ1) is 8.90. The Kier molecular flexibility index (Phi) is 4.20. The van der Waals surface area contributed by atoms with Gasteiger partial charge < -0.3 is 5.73 Å². The molecule has 2 amide bonds. The van der Waals surface area contributed by atoms with Gasteiger partial charge in [0.05, 0.1) is 5.25 Å². The predicted octanol–water partition coefficient (Wildman–Crippen LogP) is 2.66. The summed E-state index contributed by atoms with van der Waals surface area (Å²) in [6, 6.07) is 5.44. The van der Waals surface area contributed by atoms with Crippen molar-refractivity contribution in [1.29, 1.82) is 0 Å². The Balaban J connectivity index is 2.16. The standard InChI is InChI=1S/C13H15BrN2O2S/c1-7(2)16-12(17)6-11(13(16)18)19-10-4-3-8(14)5-9(10)15/h3-5,7,11H,6,15H2,1-2H3. The zero-order chi connectivity index (χ0) is 14.2. The summed E-state index contributed by atoms with van der Waals surface area (Å²) in [5.41, 5.74) is 6.53. The molecule has 1 fully saturated rings. The van der Waals surface area contributed by atoms with Gasteiger partial charge in [0, 0.05) is 27.5 Å². The van der Waals surface area contributed by atoms with E-state index in [1.54, 1.807) is 6.07 Å². The zero-order valence-electron chi connectivity index (χ0n) is 10.7. The Hall–Kier alpha value is -1.01. The molecular formula is C13H15BrN2O2S. The Morgan fingerprint density at radius 1 is 1.42 bits per heavy atom. The lowest BCUT2D eigenvalue weighted by Crippen LogP contribution is -2.37. The van der Waals surface area contributed by atoms with Gasteiger partial charge in [-0.1, -0.05) is 15.9 Å². The van der Waals surface area contributed by atoms with Crippen LogP contribution in [0.3, 0.4) is 0 Å². The number of halogens is 1. The summed E-state index contributed by atoms with van der Waals surface area (Å²) in [6.45, 7) is 3.69. The Labute approximate surface area is 124 Å². The number of carbonyl (C=O) groups is 2. The number of hydrogen-bond acceptors (Lipinski definition) is 4. The third-order valence-corrected chi connectivity index (χ3v) is 4.67. The molecule has 1 aliphatic heterocycles. The summed E-state index contributed by atoms with van der Waals surface area (Å²) in [5.74, 6) is -0.222. The van der Waals surface area contributed by atoms with Crippen LogP contribution >= 0.6 is 27.7 Å². The highest BCUT2D eigenvalue weighted by Crippen LogP contribution is 2.36. The van der Waals surface area contributed by atoms with Crippen molar-refractivity contribution < 1.29 is 9.59 Å². The summed E-state index contributed by atoms with van der Waals surface area (Å²) in [4.78, 5) is 26.2. The van der Waals surface area contributed by atoms with Crippen molar-refractivity contribution in [3.63, 3.8) is 0 Å². The molecule has 1 saturated heterocycles.